The van der Waals surface area contributed by atoms with Gasteiger partial charge in [0.1, 0.15) is 5.75 Å². The number of hydrogen-bond acceptors (Lipinski definition) is 6. The third-order valence-corrected chi connectivity index (χ3v) is 4.25. The van der Waals surface area contributed by atoms with Crippen LogP contribution in [-0.2, 0) is 0 Å². The Morgan fingerprint density at radius 3 is 3.15 bits per heavy atom. The van der Waals surface area contributed by atoms with E-state index in [4.69, 9.17) is 9.26 Å². The average Bonchev–Trinajstić information content (AvgIpc) is 2.97. The number of para-hydroxylation sites is 1. The lowest BCUT2D eigenvalue weighted by Gasteiger charge is -2.22. The molecule has 1 aliphatic heterocycles. The monoisotopic (exact) mass is 291 g/mol. The molecule has 0 saturated heterocycles. The van der Waals surface area contributed by atoms with Crippen LogP contribution in [0.15, 0.2) is 33.7 Å². The molecule has 1 N–H and O–H groups in total. The molecule has 0 amide bonds. The van der Waals surface area contributed by atoms with E-state index in [9.17, 15) is 0 Å². The molecule has 1 aliphatic rings. The summed E-state index contributed by atoms with van der Waals surface area (Å²) in [7, 11) is 0. The Kier molecular flexibility index (Phi) is 3.93. The molecule has 0 saturated carbocycles. The van der Waals surface area contributed by atoms with Crippen LogP contribution in [0.3, 0.4) is 0 Å². The van der Waals surface area contributed by atoms with Gasteiger partial charge < -0.3 is 14.6 Å². The minimum atomic E-state index is -0.152. The van der Waals surface area contributed by atoms with E-state index < -0.39 is 0 Å². The Morgan fingerprint density at radius 2 is 2.30 bits per heavy atom. The number of thioether (sulfide) groups is 1. The summed E-state index contributed by atoms with van der Waals surface area (Å²) in [6.45, 7) is 4.92. The number of nitrogens with zero attached hydrogens (tertiary/aromatic N) is 2. The summed E-state index contributed by atoms with van der Waals surface area (Å²) in [6.07, 6.45) is -0.152. The summed E-state index contributed by atoms with van der Waals surface area (Å²) in [4.78, 5) is 5.61. The lowest BCUT2D eigenvalue weighted by molar-refractivity contribution is 0.205. The van der Waals surface area contributed by atoms with Crippen molar-refractivity contribution in [3.05, 3.63) is 36.0 Å². The lowest BCUT2D eigenvalue weighted by Crippen LogP contribution is -2.19. The molecule has 20 heavy (non-hydrogen) atoms. The molecule has 2 atom stereocenters. The van der Waals surface area contributed by atoms with Crippen molar-refractivity contribution in [2.24, 2.45) is 0 Å². The van der Waals surface area contributed by atoms with Gasteiger partial charge in [0.2, 0.25) is 11.7 Å². The van der Waals surface area contributed by atoms with Gasteiger partial charge in [-0.25, -0.2) is 0 Å². The van der Waals surface area contributed by atoms with Crippen molar-refractivity contribution < 1.29 is 9.26 Å². The van der Waals surface area contributed by atoms with Crippen molar-refractivity contribution in [2.75, 3.05) is 12.3 Å². The van der Waals surface area contributed by atoms with Crippen LogP contribution in [0.5, 0.6) is 5.75 Å². The average molecular weight is 291 g/mol. The maximum absolute atomic E-state index is 5.94. The molecule has 6 heteroatoms. The molecular weight excluding hydrogens is 274 g/mol. The van der Waals surface area contributed by atoms with Crippen LogP contribution >= 0.6 is 11.8 Å². The van der Waals surface area contributed by atoms with Gasteiger partial charge in [-0.1, -0.05) is 24.2 Å². The number of aromatic nitrogens is 2. The second kappa shape index (κ2) is 5.85. The molecule has 0 radical (unpaired) electrons. The second-order valence-electron chi connectivity index (χ2n) is 4.63. The molecule has 5 nitrogen and oxygen atoms in total. The van der Waals surface area contributed by atoms with Gasteiger partial charge in [0.25, 0.3) is 0 Å². The molecule has 0 aliphatic carbocycles. The molecule has 1 aromatic heterocycles. The van der Waals surface area contributed by atoms with Crippen molar-refractivity contribution in [3.8, 4) is 5.75 Å². The maximum atomic E-state index is 5.94. The van der Waals surface area contributed by atoms with E-state index in [2.05, 4.69) is 21.5 Å². The van der Waals surface area contributed by atoms with Gasteiger partial charge in [0.15, 0.2) is 6.10 Å². The van der Waals surface area contributed by atoms with Crippen molar-refractivity contribution in [3.63, 3.8) is 0 Å². The van der Waals surface area contributed by atoms with Crippen molar-refractivity contribution in [2.45, 2.75) is 30.9 Å². The molecule has 0 fully saturated rings. The Bertz CT molecular complexity index is 587. The van der Waals surface area contributed by atoms with E-state index in [0.717, 1.165) is 22.9 Å². The van der Waals surface area contributed by atoms with E-state index in [0.29, 0.717) is 11.7 Å². The summed E-state index contributed by atoms with van der Waals surface area (Å²) in [5.41, 5.74) is 0. The molecule has 3 rings (SSSR count). The van der Waals surface area contributed by atoms with Crippen LogP contribution in [0.25, 0.3) is 0 Å². The van der Waals surface area contributed by atoms with Gasteiger partial charge in [-0.15, -0.1) is 11.8 Å². The Hall–Kier alpha value is -1.53. The van der Waals surface area contributed by atoms with Crippen LogP contribution in [0.1, 0.15) is 37.7 Å². The molecule has 2 unspecified atom stereocenters. The largest absolute Gasteiger partial charge is 0.480 e. The van der Waals surface area contributed by atoms with Crippen molar-refractivity contribution in [1.29, 1.82) is 0 Å². The van der Waals surface area contributed by atoms with Gasteiger partial charge in [-0.2, -0.15) is 4.98 Å². The molecular formula is C14H17N3O2S. The van der Waals surface area contributed by atoms with Crippen LogP contribution in [0.2, 0.25) is 0 Å². The highest BCUT2D eigenvalue weighted by Gasteiger charge is 2.26. The number of ether oxygens (including phenoxy) is 1. The normalized spacial score (nSPS) is 19.2. The van der Waals surface area contributed by atoms with Gasteiger partial charge >= 0.3 is 0 Å². The van der Waals surface area contributed by atoms with E-state index in [1.807, 2.05) is 32.0 Å². The predicted molar refractivity (Wildman–Crippen MR) is 76.9 cm³/mol. The molecule has 2 heterocycles. The van der Waals surface area contributed by atoms with Crippen LogP contribution < -0.4 is 10.1 Å². The first-order valence-corrected chi connectivity index (χ1v) is 7.72. The number of benzene rings is 1. The highest BCUT2D eigenvalue weighted by molar-refractivity contribution is 7.99. The fourth-order valence-electron chi connectivity index (χ4n) is 2.09. The first kappa shape index (κ1) is 13.5. The third kappa shape index (κ3) is 2.66. The van der Waals surface area contributed by atoms with Gasteiger partial charge in [-0.3, -0.25) is 0 Å². The zero-order chi connectivity index (χ0) is 13.9. The molecule has 1 aromatic carbocycles. The zero-order valence-corrected chi connectivity index (χ0v) is 12.3. The van der Waals surface area contributed by atoms with Crippen LogP contribution in [0, 0.1) is 0 Å². The smallest absolute Gasteiger partial charge is 0.243 e. The predicted octanol–water partition coefficient (Wildman–Crippen LogP) is 2.97. The van der Waals surface area contributed by atoms with E-state index >= 15 is 0 Å². The SMILES string of the molecule is CCNC(C)c1nc(C2CSc3ccccc3O2)no1. The maximum Gasteiger partial charge on any atom is 0.243 e. The topological polar surface area (TPSA) is 60.2 Å². The number of fused-ring (bicyclic) bond motifs is 1. The second-order valence-corrected chi connectivity index (χ2v) is 5.70. The first-order chi connectivity index (χ1) is 9.78. The summed E-state index contributed by atoms with van der Waals surface area (Å²) < 4.78 is 11.3. The van der Waals surface area contributed by atoms with Gasteiger partial charge in [0, 0.05) is 10.6 Å². The summed E-state index contributed by atoms with van der Waals surface area (Å²) in [5.74, 6) is 2.91. The van der Waals surface area contributed by atoms with Crippen LogP contribution in [0.4, 0.5) is 0 Å². The molecule has 106 valence electrons. The summed E-state index contributed by atoms with van der Waals surface area (Å²) in [5, 5.41) is 7.30. The standard InChI is InChI=1S/C14H17N3O2S/c1-3-15-9(2)14-16-13(17-19-14)11-8-20-12-7-5-4-6-10(12)18-11/h4-7,9,11,15H,3,8H2,1-2H3. The number of nitrogens with one attached hydrogen (secondary N) is 1. The van der Waals surface area contributed by atoms with E-state index in [-0.39, 0.29) is 12.1 Å². The van der Waals surface area contributed by atoms with E-state index in [1.54, 1.807) is 11.8 Å². The van der Waals surface area contributed by atoms with Gasteiger partial charge in [0.05, 0.1) is 6.04 Å². The van der Waals surface area contributed by atoms with Crippen LogP contribution in [-0.4, -0.2) is 22.4 Å². The Balaban J connectivity index is 1.75. The molecule has 0 bridgehead atoms. The highest BCUT2D eigenvalue weighted by atomic mass is 32.2. The fraction of sp³-hybridized carbons (Fsp3) is 0.429. The minimum Gasteiger partial charge on any atom is -0.480 e. The zero-order valence-electron chi connectivity index (χ0n) is 11.5. The molecule has 0 spiro atoms. The fourth-order valence-corrected chi connectivity index (χ4v) is 3.08. The summed E-state index contributed by atoms with van der Waals surface area (Å²) >= 11 is 1.76. The first-order valence-electron chi connectivity index (χ1n) is 6.73. The summed E-state index contributed by atoms with van der Waals surface area (Å²) in [6, 6.07) is 8.07. The third-order valence-electron chi connectivity index (χ3n) is 3.13. The number of rotatable bonds is 4. The quantitative estimate of drug-likeness (QED) is 0.934. The number of hydrogen-bond donors (Lipinski definition) is 1. The highest BCUT2D eigenvalue weighted by Crippen LogP contribution is 2.39. The van der Waals surface area contributed by atoms with Crippen molar-refractivity contribution >= 4 is 11.8 Å². The van der Waals surface area contributed by atoms with E-state index in [1.165, 1.54) is 0 Å². The van der Waals surface area contributed by atoms with Crippen molar-refractivity contribution in [1.82, 2.24) is 15.5 Å². The Morgan fingerprint density at radius 1 is 1.45 bits per heavy atom. The lowest BCUT2D eigenvalue weighted by atomic mass is 10.3. The minimum absolute atomic E-state index is 0.0600. The van der Waals surface area contributed by atoms with Gasteiger partial charge in [-0.05, 0) is 25.6 Å². The Labute approximate surface area is 122 Å². The molecule has 2 aromatic rings.